The molecule has 5 rings (SSSR count). The zero-order chi connectivity index (χ0) is 17.0. The Labute approximate surface area is 146 Å². The van der Waals surface area contributed by atoms with E-state index in [9.17, 15) is 0 Å². The highest BCUT2D eigenvalue weighted by atomic mass is 16.5. The lowest BCUT2D eigenvalue weighted by atomic mass is 9.97. The molecule has 2 aromatic heterocycles. The molecule has 1 fully saturated rings. The van der Waals surface area contributed by atoms with Gasteiger partial charge in [-0.1, -0.05) is 6.08 Å². The maximum Gasteiger partial charge on any atom is 0.143 e. The molecule has 0 amide bonds. The molecule has 1 aromatic carbocycles. The van der Waals surface area contributed by atoms with Gasteiger partial charge in [-0.3, -0.25) is 0 Å². The summed E-state index contributed by atoms with van der Waals surface area (Å²) in [5, 5.41) is 2.35. The van der Waals surface area contributed by atoms with Crippen molar-refractivity contribution in [2.24, 2.45) is 0 Å². The number of benzene rings is 1. The van der Waals surface area contributed by atoms with Crippen molar-refractivity contribution >= 4 is 27.5 Å². The number of aromatic nitrogens is 2. The molecule has 1 N–H and O–H groups in total. The summed E-state index contributed by atoms with van der Waals surface area (Å²) in [6.45, 7) is 3.07. The van der Waals surface area contributed by atoms with E-state index in [0.29, 0.717) is 0 Å². The lowest BCUT2D eigenvalue weighted by Gasteiger charge is -2.22. The Hall–Kier alpha value is -2.75. The zero-order valence-electron chi connectivity index (χ0n) is 14.5. The maximum atomic E-state index is 5.58. The Morgan fingerprint density at radius 2 is 2.16 bits per heavy atom. The Morgan fingerprint density at radius 1 is 1.28 bits per heavy atom. The van der Waals surface area contributed by atoms with Crippen LogP contribution < -0.4 is 4.74 Å². The highest BCUT2D eigenvalue weighted by Gasteiger charge is 2.27. The van der Waals surface area contributed by atoms with Crippen molar-refractivity contribution in [3.8, 4) is 5.75 Å². The zero-order valence-corrected chi connectivity index (χ0v) is 14.5. The van der Waals surface area contributed by atoms with E-state index < -0.39 is 0 Å². The van der Waals surface area contributed by atoms with Crippen molar-refractivity contribution in [1.29, 1.82) is 0 Å². The quantitative estimate of drug-likeness (QED) is 0.773. The average molecular weight is 331 g/mol. The summed E-state index contributed by atoms with van der Waals surface area (Å²) in [7, 11) is 1.71. The van der Waals surface area contributed by atoms with E-state index in [1.165, 1.54) is 29.4 Å². The first-order chi connectivity index (χ1) is 12.2. The van der Waals surface area contributed by atoms with Crippen LogP contribution in [0.1, 0.15) is 24.0 Å². The monoisotopic (exact) mass is 331 g/mol. The van der Waals surface area contributed by atoms with Gasteiger partial charge < -0.3 is 14.6 Å². The first-order valence-corrected chi connectivity index (χ1v) is 8.84. The lowest BCUT2D eigenvalue weighted by Crippen LogP contribution is -2.21. The molecule has 126 valence electrons. The third kappa shape index (κ3) is 2.32. The van der Waals surface area contributed by atoms with E-state index >= 15 is 0 Å². The fourth-order valence-corrected chi connectivity index (χ4v) is 3.76. The molecule has 1 aliphatic carbocycles. The van der Waals surface area contributed by atoms with Crippen molar-refractivity contribution < 1.29 is 4.74 Å². The number of methoxy groups -OCH3 is 1. The summed E-state index contributed by atoms with van der Waals surface area (Å²) in [4.78, 5) is 10.4. The highest BCUT2D eigenvalue weighted by Crippen LogP contribution is 2.38. The summed E-state index contributed by atoms with van der Waals surface area (Å²) in [6, 6.07) is 7.17. The predicted octanol–water partition coefficient (Wildman–Crippen LogP) is 4.41. The van der Waals surface area contributed by atoms with E-state index in [4.69, 9.17) is 4.74 Å². The molecule has 0 bridgehead atoms. The average Bonchev–Trinajstić information content (AvgIpc) is 3.42. The standard InChI is InChI=1S/C21H21N3O/c1-13-11-17-19-16(14-7-9-24(10-8-14)15-3-4-15)5-6-18(25-2)20(19)23-21(17)22-12-13/h5-9,11-12,15H,3-4,10H2,1-2H3,(H,22,23). The molecular formula is C21H21N3O. The number of allylic oxidation sites excluding steroid dienone is 2. The Morgan fingerprint density at radius 3 is 2.88 bits per heavy atom. The molecular weight excluding hydrogens is 310 g/mol. The molecule has 0 spiro atoms. The van der Waals surface area contributed by atoms with Gasteiger partial charge in [-0.25, -0.2) is 4.98 Å². The van der Waals surface area contributed by atoms with E-state index in [2.05, 4.69) is 52.3 Å². The van der Waals surface area contributed by atoms with Crippen molar-refractivity contribution in [2.75, 3.05) is 13.7 Å². The minimum atomic E-state index is 0.755. The Bertz CT molecular complexity index is 1040. The van der Waals surface area contributed by atoms with Crippen LogP contribution in [0.25, 0.3) is 27.5 Å². The number of hydrogen-bond donors (Lipinski definition) is 1. The fraction of sp³-hybridized carbons (Fsp3) is 0.286. The van der Waals surface area contributed by atoms with E-state index in [1.807, 2.05) is 12.3 Å². The largest absolute Gasteiger partial charge is 0.495 e. The smallest absolute Gasteiger partial charge is 0.143 e. The van der Waals surface area contributed by atoms with Crippen LogP contribution in [0, 0.1) is 6.92 Å². The van der Waals surface area contributed by atoms with Crippen LogP contribution in [0.4, 0.5) is 0 Å². The van der Waals surface area contributed by atoms with Crippen molar-refractivity contribution in [1.82, 2.24) is 14.9 Å². The summed E-state index contributed by atoms with van der Waals surface area (Å²) >= 11 is 0. The highest BCUT2D eigenvalue weighted by molar-refractivity contribution is 6.13. The molecule has 4 nitrogen and oxygen atoms in total. The van der Waals surface area contributed by atoms with E-state index in [0.717, 1.165) is 40.4 Å². The van der Waals surface area contributed by atoms with Gasteiger partial charge >= 0.3 is 0 Å². The number of rotatable bonds is 3. The van der Waals surface area contributed by atoms with E-state index in [1.54, 1.807) is 7.11 Å². The number of fused-ring (bicyclic) bond motifs is 3. The number of pyridine rings is 1. The number of hydrogen-bond acceptors (Lipinski definition) is 3. The van der Waals surface area contributed by atoms with Crippen LogP contribution in [-0.2, 0) is 0 Å². The van der Waals surface area contributed by atoms with Gasteiger partial charge in [-0.05, 0) is 60.7 Å². The molecule has 1 aliphatic heterocycles. The first-order valence-electron chi connectivity index (χ1n) is 8.84. The van der Waals surface area contributed by atoms with Gasteiger partial charge in [0, 0.05) is 35.8 Å². The minimum Gasteiger partial charge on any atom is -0.495 e. The molecule has 2 aliphatic rings. The second-order valence-electron chi connectivity index (χ2n) is 7.00. The first kappa shape index (κ1) is 14.6. The third-order valence-corrected chi connectivity index (χ3v) is 5.22. The molecule has 3 aromatic rings. The molecule has 25 heavy (non-hydrogen) atoms. The lowest BCUT2D eigenvalue weighted by molar-refractivity contribution is 0.403. The van der Waals surface area contributed by atoms with E-state index in [-0.39, 0.29) is 0 Å². The van der Waals surface area contributed by atoms with Crippen LogP contribution in [-0.4, -0.2) is 34.6 Å². The number of H-pyrrole nitrogens is 1. The maximum absolute atomic E-state index is 5.58. The van der Waals surface area contributed by atoms with Crippen LogP contribution in [0.3, 0.4) is 0 Å². The third-order valence-electron chi connectivity index (χ3n) is 5.22. The van der Waals surface area contributed by atoms with Gasteiger partial charge in [0.15, 0.2) is 0 Å². The SMILES string of the molecule is COc1ccc(C2=CCN(C3CC3)C=C2)c2c1[nH]c1ncc(C)cc12. The molecule has 0 saturated heterocycles. The number of nitrogens with zero attached hydrogens (tertiary/aromatic N) is 2. The Balaban J connectivity index is 1.71. The Kier molecular flexibility index (Phi) is 3.14. The second-order valence-corrected chi connectivity index (χ2v) is 7.00. The van der Waals surface area contributed by atoms with Gasteiger partial charge in [0.2, 0.25) is 0 Å². The van der Waals surface area contributed by atoms with Crippen LogP contribution in [0.2, 0.25) is 0 Å². The summed E-state index contributed by atoms with van der Waals surface area (Å²) < 4.78 is 5.58. The summed E-state index contributed by atoms with van der Waals surface area (Å²) in [5.41, 5.74) is 5.60. The normalized spacial score (nSPS) is 17.4. The molecule has 0 atom stereocenters. The number of ether oxygens (including phenoxy) is 1. The topological polar surface area (TPSA) is 41.1 Å². The number of nitrogens with one attached hydrogen (secondary N) is 1. The summed E-state index contributed by atoms with van der Waals surface area (Å²) in [6.07, 6.45) is 11.4. The van der Waals surface area contributed by atoms with Crippen molar-refractivity contribution in [2.45, 2.75) is 25.8 Å². The number of aryl methyl sites for hydroxylation is 1. The van der Waals surface area contributed by atoms with Crippen LogP contribution in [0.5, 0.6) is 5.75 Å². The predicted molar refractivity (Wildman–Crippen MR) is 102 cm³/mol. The minimum absolute atomic E-state index is 0.755. The van der Waals surface area contributed by atoms with Crippen molar-refractivity contribution in [3.63, 3.8) is 0 Å². The molecule has 3 heterocycles. The van der Waals surface area contributed by atoms with Crippen LogP contribution >= 0.6 is 0 Å². The second kappa shape index (κ2) is 5.38. The molecule has 4 heteroatoms. The molecule has 0 unspecified atom stereocenters. The van der Waals surface area contributed by atoms with Crippen LogP contribution in [0.15, 0.2) is 42.7 Å². The molecule has 0 radical (unpaired) electrons. The van der Waals surface area contributed by atoms with Gasteiger partial charge in [0.25, 0.3) is 0 Å². The summed E-state index contributed by atoms with van der Waals surface area (Å²) in [5.74, 6) is 0.856. The van der Waals surface area contributed by atoms with Gasteiger partial charge in [0.05, 0.1) is 12.6 Å². The van der Waals surface area contributed by atoms with Gasteiger partial charge in [-0.15, -0.1) is 0 Å². The van der Waals surface area contributed by atoms with Gasteiger partial charge in [-0.2, -0.15) is 0 Å². The molecule has 1 saturated carbocycles. The fourth-order valence-electron chi connectivity index (χ4n) is 3.76. The van der Waals surface area contributed by atoms with Crippen molar-refractivity contribution in [3.05, 3.63) is 53.9 Å². The van der Waals surface area contributed by atoms with Gasteiger partial charge in [0.1, 0.15) is 11.4 Å². The number of aromatic amines is 1.